The van der Waals surface area contributed by atoms with E-state index in [2.05, 4.69) is 0 Å². The molecule has 0 aliphatic rings. The molecule has 52 heavy (non-hydrogen) atoms. The van der Waals surface area contributed by atoms with Crippen molar-refractivity contribution in [3.05, 3.63) is 200 Å². The number of benzene rings is 9. The number of nitrogens with zero attached hydrogens (tertiary/aromatic N) is 1. The zero-order chi connectivity index (χ0) is 45.7. The molecular weight excluding hydrogens is 631 g/mol. The van der Waals surface area contributed by atoms with Crippen LogP contribution in [0, 0.1) is 0 Å². The number of rotatable bonds is 6. The molecule has 0 aliphatic heterocycles. The Morgan fingerprint density at radius 1 is 0.423 bits per heavy atom. The van der Waals surface area contributed by atoms with Gasteiger partial charge in [0.25, 0.3) is 0 Å². The van der Waals surface area contributed by atoms with Gasteiger partial charge in [-0.15, -0.1) is 0 Å². The monoisotopic (exact) mass is 676 g/mol. The van der Waals surface area contributed by atoms with E-state index in [-0.39, 0.29) is 16.9 Å². The summed E-state index contributed by atoms with van der Waals surface area (Å²) < 4.78 is 125. The zero-order valence-corrected chi connectivity index (χ0v) is 27.4. The predicted octanol–water partition coefficient (Wildman–Crippen LogP) is 14.4. The maximum absolute atomic E-state index is 9.69. The minimum absolute atomic E-state index is 0.000293. The van der Waals surface area contributed by atoms with Crippen molar-refractivity contribution in [1.29, 1.82) is 0 Å². The van der Waals surface area contributed by atoms with Gasteiger partial charge >= 0.3 is 0 Å². The molecule has 2 nitrogen and oxygen atoms in total. The first-order valence-electron chi connectivity index (χ1n) is 23.2. The second-order valence-corrected chi connectivity index (χ2v) is 12.3. The third kappa shape index (κ3) is 5.12. The molecule has 10 aromatic rings. The fourth-order valence-corrected chi connectivity index (χ4v) is 6.87. The Labute approximate surface area is 320 Å². The second-order valence-electron chi connectivity index (χ2n) is 12.3. The van der Waals surface area contributed by atoms with Gasteiger partial charge in [-0.1, -0.05) is 151 Å². The van der Waals surface area contributed by atoms with Crippen molar-refractivity contribution >= 4 is 60.5 Å². The van der Waals surface area contributed by atoms with E-state index in [0.717, 1.165) is 32.7 Å². The van der Waals surface area contributed by atoms with E-state index >= 15 is 0 Å². The number of anilines is 3. The van der Waals surface area contributed by atoms with E-state index in [0.29, 0.717) is 27.5 Å². The Kier molecular flexibility index (Phi) is 4.67. The Morgan fingerprint density at radius 2 is 1.02 bits per heavy atom. The highest BCUT2D eigenvalue weighted by Gasteiger charge is 2.20. The average Bonchev–Trinajstić information content (AvgIpc) is 3.72. The van der Waals surface area contributed by atoms with Crippen LogP contribution >= 0.6 is 0 Å². The summed E-state index contributed by atoms with van der Waals surface area (Å²) in [5, 5.41) is 4.69. The number of furan rings is 1. The summed E-state index contributed by atoms with van der Waals surface area (Å²) in [5.41, 5.74) is 1.19. The van der Waals surface area contributed by atoms with Crippen molar-refractivity contribution < 1.29 is 22.2 Å². The van der Waals surface area contributed by atoms with E-state index in [4.69, 9.17) is 11.3 Å². The molecule has 0 unspecified atom stereocenters. The predicted molar refractivity (Wildman–Crippen MR) is 220 cm³/mol. The summed E-state index contributed by atoms with van der Waals surface area (Å²) in [6.45, 7) is 0. The van der Waals surface area contributed by atoms with Crippen LogP contribution in [0.5, 0.6) is 0 Å². The SMILES string of the molecule is [2H]c1c([2H])c([2H])c(-c2c([2H])c([2H])c(N(c3c([2H])c([2H])c(-c4cccc(-c5cccc6ccccc56)c4)c([2H])c3[2H])c3cccc4oc5c6ccccc6ccc5c34)c([2H])c2[2H])c([2H])c1[2H]. The molecule has 0 fully saturated rings. The molecule has 9 aromatic carbocycles. The highest BCUT2D eigenvalue weighted by atomic mass is 16.3. The topological polar surface area (TPSA) is 16.4 Å². The van der Waals surface area contributed by atoms with Crippen molar-refractivity contribution in [3.63, 3.8) is 0 Å². The lowest BCUT2D eigenvalue weighted by molar-refractivity contribution is 0.672. The van der Waals surface area contributed by atoms with Crippen molar-refractivity contribution in [1.82, 2.24) is 0 Å². The summed E-state index contributed by atoms with van der Waals surface area (Å²) in [7, 11) is 0. The van der Waals surface area contributed by atoms with Gasteiger partial charge in [0, 0.05) is 22.1 Å². The van der Waals surface area contributed by atoms with Gasteiger partial charge in [0.2, 0.25) is 0 Å². The van der Waals surface area contributed by atoms with Crippen molar-refractivity contribution in [2.75, 3.05) is 4.90 Å². The molecule has 0 saturated carbocycles. The standard InChI is InChI=1S/C50H33NO/c1-2-11-34(12-3-1)35-23-28-41(29-24-35)51(47-21-10-22-48-49(47)46-32-27-38-14-5-7-19-45(38)50(46)52-48)42-30-25-36(26-31-42)39-16-8-17-40(33-39)44-20-9-15-37-13-4-6-18-43(37)44/h1-33H/i1D,2D,3D,11D,12D,23D,24D,25D,26D,28D,29D,30D,31D. The molecule has 0 amide bonds. The molecule has 10 rings (SSSR count). The lowest BCUT2D eigenvalue weighted by Gasteiger charge is -2.26. The van der Waals surface area contributed by atoms with Crippen LogP contribution in [-0.2, 0) is 0 Å². The highest BCUT2D eigenvalue weighted by molar-refractivity contribution is 6.19. The van der Waals surface area contributed by atoms with E-state index in [1.807, 2.05) is 91.0 Å². The molecule has 2 heteroatoms. The van der Waals surface area contributed by atoms with Gasteiger partial charge in [-0.3, -0.25) is 0 Å². The lowest BCUT2D eigenvalue weighted by atomic mass is 9.95. The van der Waals surface area contributed by atoms with Crippen LogP contribution in [0.25, 0.3) is 76.9 Å². The largest absolute Gasteiger partial charge is 0.455 e. The number of fused-ring (bicyclic) bond motifs is 6. The van der Waals surface area contributed by atoms with Gasteiger partial charge in [0.15, 0.2) is 0 Å². The number of hydrogen-bond donors (Lipinski definition) is 0. The van der Waals surface area contributed by atoms with Crippen LogP contribution in [0.1, 0.15) is 17.8 Å². The third-order valence-corrected chi connectivity index (χ3v) is 9.28. The third-order valence-electron chi connectivity index (χ3n) is 9.28. The van der Waals surface area contributed by atoms with Gasteiger partial charge in [0.1, 0.15) is 11.2 Å². The van der Waals surface area contributed by atoms with Crippen LogP contribution in [0.2, 0.25) is 0 Å². The lowest BCUT2D eigenvalue weighted by Crippen LogP contribution is -2.10. The molecule has 1 heterocycles. The van der Waals surface area contributed by atoms with Gasteiger partial charge in [-0.25, -0.2) is 0 Å². The summed E-state index contributed by atoms with van der Waals surface area (Å²) in [6, 6.07) is 28.8. The van der Waals surface area contributed by atoms with E-state index in [1.54, 1.807) is 30.3 Å². The first-order valence-corrected chi connectivity index (χ1v) is 16.7. The molecule has 244 valence electrons. The molecule has 0 radical (unpaired) electrons. The first kappa shape index (κ1) is 19.5. The Hall–Kier alpha value is -6.90. The van der Waals surface area contributed by atoms with Crippen LogP contribution < -0.4 is 4.90 Å². The van der Waals surface area contributed by atoms with Gasteiger partial charge in [-0.2, -0.15) is 0 Å². The van der Waals surface area contributed by atoms with E-state index < -0.39 is 95.4 Å². The quantitative estimate of drug-likeness (QED) is 0.174. The summed E-state index contributed by atoms with van der Waals surface area (Å²) in [6.07, 6.45) is 0. The molecule has 0 N–H and O–H groups in total. The van der Waals surface area contributed by atoms with E-state index in [1.165, 1.54) is 4.90 Å². The molecule has 0 bridgehead atoms. The van der Waals surface area contributed by atoms with Gasteiger partial charge < -0.3 is 9.32 Å². The van der Waals surface area contributed by atoms with Crippen molar-refractivity contribution in [2.45, 2.75) is 0 Å². The summed E-state index contributed by atoms with van der Waals surface area (Å²) in [5.74, 6) is 0. The van der Waals surface area contributed by atoms with Crippen molar-refractivity contribution in [2.24, 2.45) is 0 Å². The minimum atomic E-state index is -0.753. The summed E-state index contributed by atoms with van der Waals surface area (Å²) >= 11 is 0. The minimum Gasteiger partial charge on any atom is -0.455 e. The van der Waals surface area contributed by atoms with Crippen LogP contribution in [-0.4, -0.2) is 0 Å². The zero-order valence-electron chi connectivity index (χ0n) is 40.4. The normalized spacial score (nSPS) is 15.0. The highest BCUT2D eigenvalue weighted by Crippen LogP contribution is 2.45. The first-order chi connectivity index (χ1) is 31.2. The maximum Gasteiger partial charge on any atom is 0.143 e. The van der Waals surface area contributed by atoms with Gasteiger partial charge in [-0.05, 0) is 98.0 Å². The maximum atomic E-state index is 9.69. The second kappa shape index (κ2) is 12.5. The Bertz CT molecular complexity index is 3580. The molecule has 0 saturated heterocycles. The average molecular weight is 677 g/mol. The Balaban J connectivity index is 1.27. The molecular formula is C50H33NO. The fourth-order valence-electron chi connectivity index (χ4n) is 6.87. The Morgan fingerprint density at radius 3 is 1.79 bits per heavy atom. The van der Waals surface area contributed by atoms with Crippen LogP contribution in [0.4, 0.5) is 17.1 Å². The molecule has 0 spiro atoms. The van der Waals surface area contributed by atoms with Crippen LogP contribution in [0.15, 0.2) is 204 Å². The fraction of sp³-hybridized carbons (Fsp3) is 0. The smallest absolute Gasteiger partial charge is 0.143 e. The van der Waals surface area contributed by atoms with Gasteiger partial charge in [0.05, 0.1) is 28.9 Å². The molecule has 0 atom stereocenters. The summed E-state index contributed by atoms with van der Waals surface area (Å²) in [4.78, 5) is 1.19. The van der Waals surface area contributed by atoms with Crippen LogP contribution in [0.3, 0.4) is 0 Å². The molecule has 0 aliphatic carbocycles. The van der Waals surface area contributed by atoms with Crippen molar-refractivity contribution in [3.8, 4) is 33.4 Å². The van der Waals surface area contributed by atoms with E-state index in [9.17, 15) is 11.0 Å². The molecule has 1 aromatic heterocycles. The number of hydrogen-bond acceptors (Lipinski definition) is 2.